The minimum Gasteiger partial charge on any atom is -0.481 e. The fraction of sp³-hybridized carbons (Fsp3) is 0.615. The number of hydrogen-bond acceptors (Lipinski definition) is 3. The van der Waals surface area contributed by atoms with E-state index in [4.69, 9.17) is 4.74 Å². The van der Waals surface area contributed by atoms with Gasteiger partial charge >= 0.3 is 0 Å². The van der Waals surface area contributed by atoms with Crippen LogP contribution in [0.4, 0.5) is 5.82 Å². The summed E-state index contributed by atoms with van der Waals surface area (Å²) in [5.74, 6) is 3.43. The quantitative estimate of drug-likeness (QED) is 0.825. The third-order valence-corrected chi connectivity index (χ3v) is 3.51. The molecule has 0 amide bonds. The van der Waals surface area contributed by atoms with E-state index in [2.05, 4.69) is 10.3 Å². The summed E-state index contributed by atoms with van der Waals surface area (Å²) in [5.41, 5.74) is 0. The lowest BCUT2D eigenvalue weighted by Crippen LogP contribution is -2.24. The van der Waals surface area contributed by atoms with E-state index in [-0.39, 0.29) is 0 Å². The van der Waals surface area contributed by atoms with Crippen molar-refractivity contribution in [2.45, 2.75) is 31.7 Å². The Morgan fingerprint density at radius 3 is 2.50 bits per heavy atom. The molecule has 1 N–H and O–H groups in total. The van der Waals surface area contributed by atoms with Crippen molar-refractivity contribution < 1.29 is 4.74 Å². The van der Waals surface area contributed by atoms with Crippen LogP contribution in [-0.2, 0) is 0 Å². The second kappa shape index (κ2) is 3.96. The van der Waals surface area contributed by atoms with Crippen molar-refractivity contribution >= 4 is 5.82 Å². The highest BCUT2D eigenvalue weighted by molar-refractivity contribution is 5.39. The van der Waals surface area contributed by atoms with Gasteiger partial charge < -0.3 is 10.1 Å². The molecular formula is C13H18N2O. The number of anilines is 1. The van der Waals surface area contributed by atoms with Crippen LogP contribution in [0.5, 0.6) is 5.88 Å². The third-order valence-electron chi connectivity index (χ3n) is 3.51. The molecule has 1 heterocycles. The molecule has 2 aliphatic carbocycles. The topological polar surface area (TPSA) is 34.1 Å². The molecule has 0 unspecified atom stereocenters. The summed E-state index contributed by atoms with van der Waals surface area (Å²) in [5, 5.41) is 3.59. The molecule has 1 aromatic heterocycles. The fourth-order valence-electron chi connectivity index (χ4n) is 2.31. The summed E-state index contributed by atoms with van der Waals surface area (Å²) in [6.45, 7) is 0. The molecule has 1 aromatic rings. The molecule has 0 atom stereocenters. The molecule has 0 aromatic carbocycles. The molecule has 0 radical (unpaired) electrons. The number of nitrogens with zero attached hydrogens (tertiary/aromatic N) is 1. The number of nitrogens with one attached hydrogen (secondary N) is 1. The summed E-state index contributed by atoms with van der Waals surface area (Å²) in [7, 11) is 1.66. The van der Waals surface area contributed by atoms with Crippen molar-refractivity contribution in [1.29, 1.82) is 0 Å². The van der Waals surface area contributed by atoms with Crippen LogP contribution in [0, 0.1) is 11.8 Å². The van der Waals surface area contributed by atoms with Gasteiger partial charge in [0.2, 0.25) is 5.88 Å². The molecule has 2 fully saturated rings. The van der Waals surface area contributed by atoms with Crippen LogP contribution in [0.3, 0.4) is 0 Å². The Morgan fingerprint density at radius 2 is 1.94 bits per heavy atom. The maximum atomic E-state index is 5.14. The molecular weight excluding hydrogens is 200 g/mol. The average molecular weight is 218 g/mol. The summed E-state index contributed by atoms with van der Waals surface area (Å²) in [6.07, 6.45) is 5.55. The zero-order valence-corrected chi connectivity index (χ0v) is 9.65. The number of rotatable bonds is 5. The van der Waals surface area contributed by atoms with Gasteiger partial charge in [-0.1, -0.05) is 6.07 Å². The summed E-state index contributed by atoms with van der Waals surface area (Å²) in [6, 6.07) is 6.55. The van der Waals surface area contributed by atoms with Crippen LogP contribution >= 0.6 is 0 Å². The van der Waals surface area contributed by atoms with E-state index in [0.717, 1.165) is 17.7 Å². The van der Waals surface area contributed by atoms with Crippen LogP contribution in [0.15, 0.2) is 18.2 Å². The van der Waals surface area contributed by atoms with Crippen molar-refractivity contribution in [2.24, 2.45) is 11.8 Å². The monoisotopic (exact) mass is 218 g/mol. The van der Waals surface area contributed by atoms with Crippen molar-refractivity contribution in [3.8, 4) is 5.88 Å². The Kier molecular flexibility index (Phi) is 2.46. The second-order valence-corrected chi connectivity index (χ2v) is 4.91. The fourth-order valence-corrected chi connectivity index (χ4v) is 2.31. The van der Waals surface area contributed by atoms with Gasteiger partial charge in [-0.2, -0.15) is 4.98 Å². The van der Waals surface area contributed by atoms with E-state index < -0.39 is 0 Å². The predicted octanol–water partition coefficient (Wildman–Crippen LogP) is 2.69. The highest BCUT2D eigenvalue weighted by Crippen LogP contribution is 2.45. The molecule has 3 heteroatoms. The maximum Gasteiger partial charge on any atom is 0.214 e. The minimum atomic E-state index is 0.652. The molecule has 3 nitrogen and oxygen atoms in total. The molecule has 16 heavy (non-hydrogen) atoms. The van der Waals surface area contributed by atoms with Crippen LogP contribution < -0.4 is 10.1 Å². The SMILES string of the molecule is COc1cccc(NC(C2CC2)C2CC2)n1. The maximum absolute atomic E-state index is 5.14. The number of hydrogen-bond donors (Lipinski definition) is 1. The Bertz CT molecular complexity index is 360. The number of aromatic nitrogens is 1. The molecule has 0 bridgehead atoms. The number of methoxy groups -OCH3 is 1. The highest BCUT2D eigenvalue weighted by Gasteiger charge is 2.41. The largest absolute Gasteiger partial charge is 0.481 e. The van der Waals surface area contributed by atoms with Crippen molar-refractivity contribution in [1.82, 2.24) is 4.98 Å². The zero-order valence-electron chi connectivity index (χ0n) is 9.65. The van der Waals surface area contributed by atoms with Crippen LogP contribution in [-0.4, -0.2) is 18.1 Å². The van der Waals surface area contributed by atoms with Gasteiger partial charge in [0.25, 0.3) is 0 Å². The first-order valence-corrected chi connectivity index (χ1v) is 6.14. The lowest BCUT2D eigenvalue weighted by Gasteiger charge is -2.18. The number of pyridine rings is 1. The van der Waals surface area contributed by atoms with E-state index in [1.54, 1.807) is 7.11 Å². The van der Waals surface area contributed by atoms with E-state index >= 15 is 0 Å². The van der Waals surface area contributed by atoms with Gasteiger partial charge in [-0.25, -0.2) is 0 Å². The molecule has 0 aliphatic heterocycles. The Balaban J connectivity index is 1.70. The van der Waals surface area contributed by atoms with Crippen LogP contribution in [0.1, 0.15) is 25.7 Å². The van der Waals surface area contributed by atoms with Crippen molar-refractivity contribution in [3.05, 3.63) is 18.2 Å². The van der Waals surface area contributed by atoms with Gasteiger partial charge in [-0.15, -0.1) is 0 Å². The predicted molar refractivity (Wildman–Crippen MR) is 63.6 cm³/mol. The first-order chi connectivity index (χ1) is 7.86. The average Bonchev–Trinajstić information content (AvgIpc) is 3.18. The zero-order chi connectivity index (χ0) is 11.0. The smallest absolute Gasteiger partial charge is 0.214 e. The van der Waals surface area contributed by atoms with E-state index in [1.165, 1.54) is 25.7 Å². The van der Waals surface area contributed by atoms with Gasteiger partial charge in [-0.05, 0) is 43.6 Å². The van der Waals surface area contributed by atoms with Gasteiger partial charge in [-0.3, -0.25) is 0 Å². The van der Waals surface area contributed by atoms with Crippen LogP contribution in [0.25, 0.3) is 0 Å². The Hall–Kier alpha value is -1.25. The summed E-state index contributed by atoms with van der Waals surface area (Å²) in [4.78, 5) is 4.42. The van der Waals surface area contributed by atoms with E-state index in [1.807, 2.05) is 18.2 Å². The number of ether oxygens (including phenoxy) is 1. The normalized spacial score (nSPS) is 19.9. The Labute approximate surface area is 96.2 Å². The summed E-state index contributed by atoms with van der Waals surface area (Å²) >= 11 is 0. The second-order valence-electron chi connectivity index (χ2n) is 4.91. The van der Waals surface area contributed by atoms with E-state index in [9.17, 15) is 0 Å². The van der Waals surface area contributed by atoms with Gasteiger partial charge in [0.05, 0.1) is 7.11 Å². The third kappa shape index (κ3) is 2.13. The van der Waals surface area contributed by atoms with Crippen molar-refractivity contribution in [3.63, 3.8) is 0 Å². The molecule has 86 valence electrons. The molecule has 2 aliphatic rings. The Morgan fingerprint density at radius 1 is 1.25 bits per heavy atom. The van der Waals surface area contributed by atoms with Gasteiger partial charge in [0.1, 0.15) is 5.82 Å². The van der Waals surface area contributed by atoms with Crippen LogP contribution in [0.2, 0.25) is 0 Å². The lowest BCUT2D eigenvalue weighted by molar-refractivity contribution is 0.398. The van der Waals surface area contributed by atoms with Gasteiger partial charge in [0, 0.05) is 12.1 Å². The molecule has 3 rings (SSSR count). The highest BCUT2D eigenvalue weighted by atomic mass is 16.5. The first kappa shape index (κ1) is 9.94. The van der Waals surface area contributed by atoms with E-state index in [0.29, 0.717) is 11.9 Å². The molecule has 2 saturated carbocycles. The standard InChI is InChI=1S/C13H18N2O/c1-16-12-4-2-3-11(14-12)15-13(9-5-6-9)10-7-8-10/h2-4,9-10,13H,5-8H2,1H3,(H,14,15). The first-order valence-electron chi connectivity index (χ1n) is 6.14. The minimum absolute atomic E-state index is 0.652. The van der Waals surface area contributed by atoms with Gasteiger partial charge in [0.15, 0.2) is 0 Å². The summed E-state index contributed by atoms with van der Waals surface area (Å²) < 4.78 is 5.14. The molecule has 0 saturated heterocycles. The molecule has 0 spiro atoms. The van der Waals surface area contributed by atoms with Crippen molar-refractivity contribution in [2.75, 3.05) is 12.4 Å². The lowest BCUT2D eigenvalue weighted by atomic mass is 10.1.